The number of hydrogen-bond acceptors (Lipinski definition) is 6. The van der Waals surface area contributed by atoms with E-state index in [2.05, 4.69) is 46.7 Å². The average molecular weight is 439 g/mol. The normalized spacial score (nSPS) is 10.9. The molecule has 0 fully saturated rings. The van der Waals surface area contributed by atoms with Gasteiger partial charge < -0.3 is 5.32 Å². The molecule has 1 aromatic heterocycles. The standard InChI is InChI=1S/C24H30N4O2S/c1-2-3-4-5-6-7-8-9-11-19-14-16-21(17-15-19)25-24-27-26-23(31-24)20-12-10-13-22(18-20)28(29)30/h10,12-18H,2-9,11H2,1H3,(H,25,27). The molecule has 7 heteroatoms. The van der Waals surface area contributed by atoms with Crippen LogP contribution in [-0.2, 0) is 6.42 Å². The van der Waals surface area contributed by atoms with E-state index in [0.29, 0.717) is 15.7 Å². The highest BCUT2D eigenvalue weighted by Crippen LogP contribution is 2.30. The Hall–Kier alpha value is -2.80. The molecule has 0 spiro atoms. The number of nitro benzene ring substituents is 1. The molecule has 0 amide bonds. The van der Waals surface area contributed by atoms with Crippen molar-refractivity contribution in [1.29, 1.82) is 0 Å². The van der Waals surface area contributed by atoms with E-state index in [4.69, 9.17) is 0 Å². The van der Waals surface area contributed by atoms with E-state index in [0.717, 1.165) is 12.1 Å². The first-order valence-corrected chi connectivity index (χ1v) is 11.9. The number of nitro groups is 1. The predicted molar refractivity (Wildman–Crippen MR) is 128 cm³/mol. The first kappa shape index (κ1) is 22.9. The minimum absolute atomic E-state index is 0.0503. The maximum Gasteiger partial charge on any atom is 0.270 e. The molecule has 0 unspecified atom stereocenters. The lowest BCUT2D eigenvalue weighted by Gasteiger charge is -2.05. The Morgan fingerprint density at radius 2 is 1.65 bits per heavy atom. The van der Waals surface area contributed by atoms with Gasteiger partial charge in [0.05, 0.1) is 4.92 Å². The third-order valence-electron chi connectivity index (χ3n) is 5.25. The van der Waals surface area contributed by atoms with Crippen molar-refractivity contribution in [2.24, 2.45) is 0 Å². The van der Waals surface area contributed by atoms with Crippen molar-refractivity contribution in [1.82, 2.24) is 10.2 Å². The van der Waals surface area contributed by atoms with Crippen LogP contribution in [0.25, 0.3) is 10.6 Å². The molecule has 1 N–H and O–H groups in total. The summed E-state index contributed by atoms with van der Waals surface area (Å²) in [6.45, 7) is 2.26. The topological polar surface area (TPSA) is 81.0 Å². The van der Waals surface area contributed by atoms with E-state index in [9.17, 15) is 10.1 Å². The molecule has 0 bridgehead atoms. The van der Waals surface area contributed by atoms with Crippen molar-refractivity contribution in [3.8, 4) is 10.6 Å². The molecule has 1 heterocycles. The number of non-ortho nitro benzene ring substituents is 1. The van der Waals surface area contributed by atoms with Gasteiger partial charge in [0, 0.05) is 23.4 Å². The molecule has 2 aromatic carbocycles. The Balaban J connectivity index is 1.45. The Morgan fingerprint density at radius 1 is 0.935 bits per heavy atom. The highest BCUT2D eigenvalue weighted by atomic mass is 32.1. The smallest absolute Gasteiger partial charge is 0.270 e. The summed E-state index contributed by atoms with van der Waals surface area (Å²) in [5.74, 6) is 0. The molecule has 6 nitrogen and oxygen atoms in total. The van der Waals surface area contributed by atoms with Crippen molar-refractivity contribution in [2.75, 3.05) is 5.32 Å². The quantitative estimate of drug-likeness (QED) is 0.169. The summed E-state index contributed by atoms with van der Waals surface area (Å²) in [6.07, 6.45) is 11.8. The summed E-state index contributed by atoms with van der Waals surface area (Å²) in [5.41, 5.74) is 3.06. The Bertz CT molecular complexity index is 956. The summed E-state index contributed by atoms with van der Waals surface area (Å²) in [4.78, 5) is 10.6. The lowest BCUT2D eigenvalue weighted by molar-refractivity contribution is -0.384. The lowest BCUT2D eigenvalue weighted by Crippen LogP contribution is -1.91. The van der Waals surface area contributed by atoms with Crippen LogP contribution in [0.5, 0.6) is 0 Å². The molecule has 0 aliphatic heterocycles. The fraction of sp³-hybridized carbons (Fsp3) is 0.417. The van der Waals surface area contributed by atoms with E-state index >= 15 is 0 Å². The third kappa shape index (κ3) is 7.43. The molecule has 0 aliphatic carbocycles. The largest absolute Gasteiger partial charge is 0.330 e. The minimum Gasteiger partial charge on any atom is -0.330 e. The number of benzene rings is 2. The van der Waals surface area contributed by atoms with Gasteiger partial charge in [-0.15, -0.1) is 10.2 Å². The SMILES string of the molecule is CCCCCCCCCCc1ccc(Nc2nnc(-c3cccc([N+](=O)[O-])c3)s2)cc1. The molecule has 0 atom stereocenters. The maximum absolute atomic E-state index is 11.0. The molecule has 0 saturated carbocycles. The van der Waals surface area contributed by atoms with Gasteiger partial charge in [0.1, 0.15) is 5.01 Å². The molecule has 3 rings (SSSR count). The monoisotopic (exact) mass is 438 g/mol. The van der Waals surface area contributed by atoms with Crippen molar-refractivity contribution in [3.63, 3.8) is 0 Å². The molecule has 0 saturated heterocycles. The number of unbranched alkanes of at least 4 members (excludes halogenated alkanes) is 7. The van der Waals surface area contributed by atoms with Crippen LogP contribution in [0.3, 0.4) is 0 Å². The zero-order chi connectivity index (χ0) is 21.9. The number of hydrogen-bond donors (Lipinski definition) is 1. The Kier molecular flexibility index (Phi) is 8.97. The molecule has 3 aromatic rings. The van der Waals surface area contributed by atoms with E-state index in [-0.39, 0.29) is 5.69 Å². The van der Waals surface area contributed by atoms with Gasteiger partial charge >= 0.3 is 0 Å². The number of nitrogens with zero attached hydrogens (tertiary/aromatic N) is 3. The van der Waals surface area contributed by atoms with Crippen LogP contribution in [0.1, 0.15) is 63.9 Å². The van der Waals surface area contributed by atoms with Crippen molar-refractivity contribution in [2.45, 2.75) is 64.7 Å². The molecule has 0 radical (unpaired) electrons. The number of anilines is 2. The summed E-state index contributed by atoms with van der Waals surface area (Å²) in [7, 11) is 0. The third-order valence-corrected chi connectivity index (χ3v) is 6.14. The zero-order valence-electron chi connectivity index (χ0n) is 18.0. The predicted octanol–water partition coefficient (Wildman–Crippen LogP) is 7.54. The van der Waals surface area contributed by atoms with E-state index < -0.39 is 4.92 Å². The van der Waals surface area contributed by atoms with Crippen LogP contribution < -0.4 is 5.32 Å². The Labute approximate surface area is 187 Å². The van der Waals surface area contributed by atoms with Gasteiger partial charge in [-0.3, -0.25) is 10.1 Å². The maximum atomic E-state index is 11.0. The zero-order valence-corrected chi connectivity index (χ0v) is 18.9. The van der Waals surface area contributed by atoms with Gasteiger partial charge in [-0.2, -0.15) is 0 Å². The van der Waals surface area contributed by atoms with Gasteiger partial charge in [0.15, 0.2) is 0 Å². The van der Waals surface area contributed by atoms with Gasteiger partial charge in [-0.05, 0) is 30.5 Å². The second-order valence-electron chi connectivity index (χ2n) is 7.77. The second-order valence-corrected chi connectivity index (χ2v) is 8.74. The number of aryl methyl sites for hydroxylation is 1. The van der Waals surface area contributed by atoms with Gasteiger partial charge in [-0.25, -0.2) is 0 Å². The van der Waals surface area contributed by atoms with Crippen molar-refractivity contribution >= 4 is 27.8 Å². The summed E-state index contributed by atoms with van der Waals surface area (Å²) < 4.78 is 0. The van der Waals surface area contributed by atoms with Crippen molar-refractivity contribution in [3.05, 3.63) is 64.2 Å². The molecule has 0 aliphatic rings. The highest BCUT2D eigenvalue weighted by molar-refractivity contribution is 7.18. The number of aromatic nitrogens is 2. The van der Waals surface area contributed by atoms with Crippen molar-refractivity contribution < 1.29 is 4.92 Å². The van der Waals surface area contributed by atoms with Gasteiger partial charge in [0.25, 0.3) is 5.69 Å². The fourth-order valence-electron chi connectivity index (χ4n) is 3.48. The van der Waals surface area contributed by atoms with Gasteiger partial charge in [-0.1, -0.05) is 87.5 Å². The molecular formula is C24H30N4O2S. The van der Waals surface area contributed by atoms with E-state index in [1.165, 1.54) is 80.4 Å². The Morgan fingerprint density at radius 3 is 2.35 bits per heavy atom. The molecule has 31 heavy (non-hydrogen) atoms. The van der Waals surface area contributed by atoms with Crippen LogP contribution in [0.15, 0.2) is 48.5 Å². The minimum atomic E-state index is -0.404. The second kappa shape index (κ2) is 12.2. The van der Waals surface area contributed by atoms with E-state index in [1.54, 1.807) is 12.1 Å². The first-order valence-electron chi connectivity index (χ1n) is 11.1. The fourth-order valence-corrected chi connectivity index (χ4v) is 4.24. The summed E-state index contributed by atoms with van der Waals surface area (Å²) in [5, 5.41) is 23.9. The highest BCUT2D eigenvalue weighted by Gasteiger charge is 2.11. The average Bonchev–Trinajstić information content (AvgIpc) is 3.25. The van der Waals surface area contributed by atoms with Crippen LogP contribution in [0, 0.1) is 10.1 Å². The summed E-state index contributed by atoms with van der Waals surface area (Å²) in [6, 6.07) is 14.9. The lowest BCUT2D eigenvalue weighted by atomic mass is 10.0. The van der Waals surface area contributed by atoms with Crippen LogP contribution in [0.2, 0.25) is 0 Å². The van der Waals surface area contributed by atoms with Crippen LogP contribution in [0.4, 0.5) is 16.5 Å². The van der Waals surface area contributed by atoms with Crippen LogP contribution in [-0.4, -0.2) is 15.1 Å². The first-order chi connectivity index (χ1) is 15.2. The molecule has 164 valence electrons. The van der Waals surface area contributed by atoms with E-state index in [1.807, 2.05) is 0 Å². The van der Waals surface area contributed by atoms with Crippen LogP contribution >= 0.6 is 11.3 Å². The number of rotatable bonds is 13. The number of nitrogens with one attached hydrogen (secondary N) is 1. The molecular weight excluding hydrogens is 408 g/mol. The summed E-state index contributed by atoms with van der Waals surface area (Å²) >= 11 is 1.38. The van der Waals surface area contributed by atoms with Gasteiger partial charge in [0.2, 0.25) is 5.13 Å².